The number of aromatic nitrogens is 3. The standard InChI is InChI=1S/C17H27N5O5/c1-4-8-27-15(23)9-12(11(2)3)13-10-22(21-20-13)14(16(24)25)6-5-7-19-17(18)26/h4,10-12,14H,1,5-9H2,2-3H3,(H,24,25)(H3,18,19,26)/t12-,14-/m0/s1. The highest BCUT2D eigenvalue weighted by Crippen LogP contribution is 2.27. The van der Waals surface area contributed by atoms with E-state index in [0.717, 1.165) is 0 Å². The minimum absolute atomic E-state index is 0.0782. The summed E-state index contributed by atoms with van der Waals surface area (Å²) in [4.78, 5) is 34.1. The Morgan fingerprint density at radius 2 is 2.15 bits per heavy atom. The molecule has 0 aliphatic heterocycles. The lowest BCUT2D eigenvalue weighted by Crippen LogP contribution is -2.30. The van der Waals surface area contributed by atoms with Gasteiger partial charge in [0.2, 0.25) is 0 Å². The van der Waals surface area contributed by atoms with Crippen LogP contribution in [0.2, 0.25) is 0 Å². The molecule has 2 atom stereocenters. The molecule has 0 aromatic carbocycles. The molecule has 10 heteroatoms. The van der Waals surface area contributed by atoms with E-state index >= 15 is 0 Å². The smallest absolute Gasteiger partial charge is 0.328 e. The summed E-state index contributed by atoms with van der Waals surface area (Å²) in [6, 6.07) is -1.59. The second-order valence-corrected chi connectivity index (χ2v) is 6.44. The van der Waals surface area contributed by atoms with Crippen LogP contribution in [0.3, 0.4) is 0 Å². The van der Waals surface area contributed by atoms with E-state index in [-0.39, 0.29) is 43.8 Å². The van der Waals surface area contributed by atoms with Gasteiger partial charge in [0.1, 0.15) is 6.61 Å². The van der Waals surface area contributed by atoms with E-state index < -0.39 is 18.0 Å². The maximum atomic E-state index is 11.9. The van der Waals surface area contributed by atoms with Gasteiger partial charge in [-0.1, -0.05) is 31.7 Å². The van der Waals surface area contributed by atoms with Gasteiger partial charge in [-0.25, -0.2) is 14.3 Å². The Labute approximate surface area is 157 Å². The molecule has 150 valence electrons. The van der Waals surface area contributed by atoms with Crippen LogP contribution < -0.4 is 11.1 Å². The number of nitrogens with two attached hydrogens (primary N) is 1. The van der Waals surface area contributed by atoms with Gasteiger partial charge in [-0.05, 0) is 18.8 Å². The molecule has 1 rings (SSSR count). The normalized spacial score (nSPS) is 13.0. The lowest BCUT2D eigenvalue weighted by Gasteiger charge is -2.17. The molecule has 4 N–H and O–H groups in total. The Kier molecular flexibility index (Phi) is 8.97. The third kappa shape index (κ3) is 7.47. The molecule has 1 aromatic heterocycles. The number of amides is 2. The largest absolute Gasteiger partial charge is 0.480 e. The number of ether oxygens (including phenoxy) is 1. The molecule has 0 bridgehead atoms. The van der Waals surface area contributed by atoms with E-state index in [1.807, 2.05) is 13.8 Å². The maximum absolute atomic E-state index is 11.9. The van der Waals surface area contributed by atoms with E-state index in [1.54, 1.807) is 6.20 Å². The monoisotopic (exact) mass is 381 g/mol. The zero-order chi connectivity index (χ0) is 20.4. The second-order valence-electron chi connectivity index (χ2n) is 6.44. The fourth-order valence-corrected chi connectivity index (χ4v) is 2.56. The van der Waals surface area contributed by atoms with Crippen LogP contribution in [0.5, 0.6) is 0 Å². The first-order valence-electron chi connectivity index (χ1n) is 8.70. The highest BCUT2D eigenvalue weighted by molar-refractivity contribution is 5.72. The Hall–Kier alpha value is -2.91. The van der Waals surface area contributed by atoms with E-state index in [1.165, 1.54) is 10.8 Å². The van der Waals surface area contributed by atoms with Crippen molar-refractivity contribution in [3.8, 4) is 0 Å². The van der Waals surface area contributed by atoms with Crippen LogP contribution >= 0.6 is 0 Å². The molecule has 0 saturated carbocycles. The van der Waals surface area contributed by atoms with Gasteiger partial charge >= 0.3 is 18.0 Å². The summed E-state index contributed by atoms with van der Waals surface area (Å²) in [5.74, 6) is -1.61. The summed E-state index contributed by atoms with van der Waals surface area (Å²) in [6.07, 6.45) is 3.81. The number of carboxylic acids is 1. The summed E-state index contributed by atoms with van der Waals surface area (Å²) in [5.41, 5.74) is 5.51. The van der Waals surface area contributed by atoms with Gasteiger partial charge in [-0.15, -0.1) is 5.10 Å². The Bertz CT molecular complexity index is 658. The predicted octanol–water partition coefficient (Wildman–Crippen LogP) is 1.21. The summed E-state index contributed by atoms with van der Waals surface area (Å²) in [5, 5.41) is 19.9. The van der Waals surface area contributed by atoms with Crippen LogP contribution in [0.25, 0.3) is 0 Å². The van der Waals surface area contributed by atoms with Crippen LogP contribution in [0, 0.1) is 5.92 Å². The van der Waals surface area contributed by atoms with Crippen molar-refractivity contribution in [1.82, 2.24) is 20.3 Å². The summed E-state index contributed by atoms with van der Waals surface area (Å²) < 4.78 is 6.29. The van der Waals surface area contributed by atoms with E-state index in [9.17, 15) is 19.5 Å². The minimum atomic E-state index is -1.06. The van der Waals surface area contributed by atoms with Gasteiger partial charge in [-0.2, -0.15) is 0 Å². The lowest BCUT2D eigenvalue weighted by molar-refractivity contribution is -0.143. The fraction of sp³-hybridized carbons (Fsp3) is 0.588. The SMILES string of the molecule is C=CCOC(=O)C[C@H](c1cn([C@@H](CCCNC(N)=O)C(=O)O)nn1)C(C)C. The molecule has 0 radical (unpaired) electrons. The van der Waals surface area contributed by atoms with Crippen LogP contribution in [-0.4, -0.2) is 51.2 Å². The molecule has 10 nitrogen and oxygen atoms in total. The van der Waals surface area contributed by atoms with Gasteiger partial charge in [0.15, 0.2) is 6.04 Å². The van der Waals surface area contributed by atoms with Crippen molar-refractivity contribution < 1.29 is 24.2 Å². The Morgan fingerprint density at radius 1 is 1.44 bits per heavy atom. The topological polar surface area (TPSA) is 149 Å². The van der Waals surface area contributed by atoms with Gasteiger partial charge < -0.3 is 20.9 Å². The number of hydrogen-bond donors (Lipinski definition) is 3. The third-order valence-electron chi connectivity index (χ3n) is 4.02. The average Bonchev–Trinajstić information content (AvgIpc) is 3.05. The summed E-state index contributed by atoms with van der Waals surface area (Å²) in [7, 11) is 0. The molecule has 2 amide bonds. The van der Waals surface area contributed by atoms with Gasteiger partial charge in [0, 0.05) is 18.7 Å². The molecule has 0 unspecified atom stereocenters. The van der Waals surface area contributed by atoms with Crippen molar-refractivity contribution >= 4 is 18.0 Å². The van der Waals surface area contributed by atoms with E-state index in [0.29, 0.717) is 12.1 Å². The first kappa shape index (κ1) is 22.1. The summed E-state index contributed by atoms with van der Waals surface area (Å²) in [6.45, 7) is 7.78. The molecule has 0 aliphatic rings. The Morgan fingerprint density at radius 3 is 2.70 bits per heavy atom. The number of carbonyl (C=O) groups excluding carboxylic acids is 2. The third-order valence-corrected chi connectivity index (χ3v) is 4.02. The van der Waals surface area contributed by atoms with Crippen molar-refractivity contribution in [2.45, 2.75) is 45.1 Å². The highest BCUT2D eigenvalue weighted by atomic mass is 16.5. The molecular formula is C17H27N5O5. The lowest BCUT2D eigenvalue weighted by atomic mass is 9.90. The summed E-state index contributed by atoms with van der Waals surface area (Å²) >= 11 is 0. The minimum Gasteiger partial charge on any atom is -0.480 e. The van der Waals surface area contributed by atoms with Gasteiger partial charge in [-0.3, -0.25) is 4.79 Å². The Balaban J connectivity index is 2.82. The fourth-order valence-electron chi connectivity index (χ4n) is 2.56. The number of carboxylic acid groups (broad SMARTS) is 1. The van der Waals surface area contributed by atoms with Gasteiger partial charge in [0.05, 0.1) is 12.1 Å². The maximum Gasteiger partial charge on any atom is 0.328 e. The number of rotatable bonds is 12. The second kappa shape index (κ2) is 10.9. The van der Waals surface area contributed by atoms with Crippen LogP contribution in [-0.2, 0) is 14.3 Å². The molecule has 0 spiro atoms. The number of nitrogens with zero attached hydrogens (tertiary/aromatic N) is 3. The van der Waals surface area contributed by atoms with Crippen molar-refractivity contribution in [1.29, 1.82) is 0 Å². The van der Waals surface area contributed by atoms with Crippen molar-refractivity contribution in [3.63, 3.8) is 0 Å². The number of nitrogens with one attached hydrogen (secondary N) is 1. The average molecular weight is 381 g/mol. The van der Waals surface area contributed by atoms with Crippen LogP contribution in [0.1, 0.15) is 50.8 Å². The molecular weight excluding hydrogens is 354 g/mol. The van der Waals surface area contributed by atoms with Gasteiger partial charge in [0.25, 0.3) is 0 Å². The van der Waals surface area contributed by atoms with Crippen LogP contribution in [0.15, 0.2) is 18.9 Å². The number of urea groups is 1. The zero-order valence-electron chi connectivity index (χ0n) is 15.6. The number of aliphatic carboxylic acids is 1. The van der Waals surface area contributed by atoms with Crippen molar-refractivity contribution in [3.05, 3.63) is 24.5 Å². The van der Waals surface area contributed by atoms with Crippen LogP contribution in [0.4, 0.5) is 4.79 Å². The highest BCUT2D eigenvalue weighted by Gasteiger charge is 2.26. The van der Waals surface area contributed by atoms with E-state index in [2.05, 4.69) is 22.2 Å². The van der Waals surface area contributed by atoms with Crippen molar-refractivity contribution in [2.24, 2.45) is 11.7 Å². The number of esters is 1. The molecule has 0 saturated heterocycles. The molecule has 1 heterocycles. The van der Waals surface area contributed by atoms with Crippen molar-refractivity contribution in [2.75, 3.05) is 13.2 Å². The van der Waals surface area contributed by atoms with E-state index in [4.69, 9.17) is 10.5 Å². The number of hydrogen-bond acceptors (Lipinski definition) is 6. The molecule has 0 aliphatic carbocycles. The molecule has 1 aromatic rings. The molecule has 27 heavy (non-hydrogen) atoms. The zero-order valence-corrected chi connectivity index (χ0v) is 15.6. The number of carbonyl (C=O) groups is 3. The first-order chi connectivity index (χ1) is 12.8. The number of primary amides is 1. The predicted molar refractivity (Wildman–Crippen MR) is 96.9 cm³/mol. The first-order valence-corrected chi connectivity index (χ1v) is 8.70. The quantitative estimate of drug-likeness (QED) is 0.280. The molecule has 0 fully saturated rings.